The van der Waals surface area contributed by atoms with E-state index in [4.69, 9.17) is 10.5 Å². The number of nitrogens with one attached hydrogen (secondary N) is 1. The van der Waals surface area contributed by atoms with Crippen molar-refractivity contribution < 1.29 is 27.5 Å². The average Bonchev–Trinajstić information content (AvgIpc) is 2.66. The van der Waals surface area contributed by atoms with Gasteiger partial charge in [-0.1, -0.05) is 41.5 Å². The molecule has 1 aliphatic rings. The molecule has 192 valence electrons. The van der Waals surface area contributed by atoms with Gasteiger partial charge < -0.3 is 20.7 Å². The lowest BCUT2D eigenvalue weighted by Crippen LogP contribution is -2.53. The normalized spacial score (nSPS) is 16.7. The molecule has 0 unspecified atom stereocenters. The van der Waals surface area contributed by atoms with E-state index >= 15 is 0 Å². The number of morpholine rings is 1. The fraction of sp³-hybridized carbons (Fsp3) is 0.667. The number of nitrogens with two attached hydrogens (primary N) is 1. The molecular formula is C24H37F3N4O3. The number of anilines is 2. The van der Waals surface area contributed by atoms with E-state index in [1.165, 1.54) is 17.0 Å². The van der Waals surface area contributed by atoms with Crippen molar-refractivity contribution in [3.63, 3.8) is 0 Å². The van der Waals surface area contributed by atoms with Crippen LogP contribution in [-0.2, 0) is 20.5 Å². The summed E-state index contributed by atoms with van der Waals surface area (Å²) in [5, 5.41) is 2.45. The lowest BCUT2D eigenvalue weighted by molar-refractivity contribution is -0.137. The number of rotatable bonds is 7. The number of benzene rings is 1. The standard InChI is InChI=1S/C24H37F3N4O3/c1-22(2,3)14-30(15-23(4,5)6)19(12-28)21(33)29-18-8-7-16(11-17(18)24(25,26)27)31-9-10-34-13-20(31)32/h7-8,11,19H,9-10,12-15,28H2,1-6H3,(H,29,33)/t19-/m1/s1. The predicted molar refractivity (Wildman–Crippen MR) is 127 cm³/mol. The van der Waals surface area contributed by atoms with Crippen LogP contribution in [0.2, 0.25) is 0 Å². The second kappa shape index (κ2) is 10.6. The molecule has 0 radical (unpaired) electrons. The molecule has 0 spiro atoms. The average molecular weight is 487 g/mol. The number of hydrogen-bond donors (Lipinski definition) is 2. The van der Waals surface area contributed by atoms with Crippen molar-refractivity contribution in [1.82, 2.24) is 4.90 Å². The first kappa shape index (κ1) is 28.1. The van der Waals surface area contributed by atoms with E-state index in [-0.39, 0.29) is 48.5 Å². The van der Waals surface area contributed by atoms with Crippen LogP contribution < -0.4 is 16.0 Å². The van der Waals surface area contributed by atoms with E-state index in [1.807, 2.05) is 46.4 Å². The lowest BCUT2D eigenvalue weighted by Gasteiger charge is -2.39. The summed E-state index contributed by atoms with van der Waals surface area (Å²) in [6.07, 6.45) is -4.73. The molecule has 0 bridgehead atoms. The summed E-state index contributed by atoms with van der Waals surface area (Å²) in [6.45, 7) is 13.4. The highest BCUT2D eigenvalue weighted by atomic mass is 19.4. The van der Waals surface area contributed by atoms with Crippen LogP contribution in [0.15, 0.2) is 18.2 Å². The van der Waals surface area contributed by atoms with Crippen LogP contribution in [0.3, 0.4) is 0 Å². The fourth-order valence-corrected chi connectivity index (χ4v) is 3.97. The third-order valence-electron chi connectivity index (χ3n) is 5.19. The van der Waals surface area contributed by atoms with Crippen molar-refractivity contribution in [2.75, 3.05) is 49.6 Å². The SMILES string of the molecule is CC(C)(C)CN(CC(C)(C)C)[C@H](CN)C(=O)Nc1ccc(N2CCOCC2=O)cc1C(F)(F)F. The molecule has 1 atom stereocenters. The zero-order valence-electron chi connectivity index (χ0n) is 20.9. The number of nitrogens with zero attached hydrogens (tertiary/aromatic N) is 2. The Kier molecular flexibility index (Phi) is 8.77. The summed E-state index contributed by atoms with van der Waals surface area (Å²) < 4.78 is 46.8. The third kappa shape index (κ3) is 7.95. The lowest BCUT2D eigenvalue weighted by atomic mass is 9.91. The zero-order chi connectivity index (χ0) is 25.9. The van der Waals surface area contributed by atoms with Gasteiger partial charge in [-0.2, -0.15) is 13.2 Å². The van der Waals surface area contributed by atoms with Gasteiger partial charge in [0.1, 0.15) is 12.6 Å². The quantitative estimate of drug-likeness (QED) is 0.613. The number of carbonyl (C=O) groups excluding carboxylic acids is 2. The van der Waals surface area contributed by atoms with Crippen molar-refractivity contribution in [3.8, 4) is 0 Å². The molecule has 0 saturated carbocycles. The van der Waals surface area contributed by atoms with E-state index in [1.54, 1.807) is 0 Å². The highest BCUT2D eigenvalue weighted by Gasteiger charge is 2.37. The van der Waals surface area contributed by atoms with Crippen LogP contribution in [-0.4, -0.2) is 62.1 Å². The van der Waals surface area contributed by atoms with Crippen LogP contribution in [0.25, 0.3) is 0 Å². The Morgan fingerprint density at radius 2 is 1.74 bits per heavy atom. The second-order valence-corrected chi connectivity index (χ2v) is 11.1. The van der Waals surface area contributed by atoms with Gasteiger partial charge in [0, 0.05) is 31.9 Å². The molecule has 1 fully saturated rings. The van der Waals surface area contributed by atoms with E-state index in [2.05, 4.69) is 5.32 Å². The Hall–Kier alpha value is -2.17. The van der Waals surface area contributed by atoms with Gasteiger partial charge in [-0.05, 0) is 29.0 Å². The van der Waals surface area contributed by atoms with Crippen LogP contribution in [0, 0.1) is 10.8 Å². The van der Waals surface area contributed by atoms with Gasteiger partial charge >= 0.3 is 6.18 Å². The minimum Gasteiger partial charge on any atom is -0.370 e. The van der Waals surface area contributed by atoms with Crippen molar-refractivity contribution in [3.05, 3.63) is 23.8 Å². The first-order valence-corrected chi connectivity index (χ1v) is 11.4. The first-order valence-electron chi connectivity index (χ1n) is 11.4. The maximum Gasteiger partial charge on any atom is 0.418 e. The van der Waals surface area contributed by atoms with Crippen LogP contribution in [0.1, 0.15) is 47.1 Å². The van der Waals surface area contributed by atoms with Crippen molar-refractivity contribution >= 4 is 23.2 Å². The summed E-state index contributed by atoms with van der Waals surface area (Å²) in [7, 11) is 0. The monoisotopic (exact) mass is 486 g/mol. The van der Waals surface area contributed by atoms with Crippen molar-refractivity contribution in [1.29, 1.82) is 0 Å². The smallest absolute Gasteiger partial charge is 0.370 e. The van der Waals surface area contributed by atoms with Gasteiger partial charge in [-0.15, -0.1) is 0 Å². The Morgan fingerprint density at radius 3 is 2.21 bits per heavy atom. The molecule has 3 N–H and O–H groups in total. The largest absolute Gasteiger partial charge is 0.418 e. The Bertz CT molecular complexity index is 860. The fourth-order valence-electron chi connectivity index (χ4n) is 3.97. The van der Waals surface area contributed by atoms with Gasteiger partial charge in [-0.25, -0.2) is 0 Å². The molecular weight excluding hydrogens is 449 g/mol. The van der Waals surface area contributed by atoms with Crippen LogP contribution in [0.4, 0.5) is 24.5 Å². The first-order chi connectivity index (χ1) is 15.5. The minimum atomic E-state index is -4.73. The molecule has 34 heavy (non-hydrogen) atoms. The highest BCUT2D eigenvalue weighted by molar-refractivity contribution is 5.98. The number of hydrogen-bond acceptors (Lipinski definition) is 5. The number of carbonyl (C=O) groups is 2. The van der Waals surface area contributed by atoms with Gasteiger partial charge in [-0.3, -0.25) is 14.5 Å². The van der Waals surface area contributed by atoms with E-state index < -0.39 is 29.6 Å². The molecule has 1 aliphatic heterocycles. The van der Waals surface area contributed by atoms with Crippen LogP contribution in [0.5, 0.6) is 0 Å². The molecule has 1 aromatic carbocycles. The Balaban J connectivity index is 2.36. The number of ether oxygens (including phenoxy) is 1. The Labute approximate surface area is 199 Å². The van der Waals surface area contributed by atoms with Gasteiger partial charge in [0.05, 0.1) is 17.9 Å². The van der Waals surface area contributed by atoms with E-state index in [0.29, 0.717) is 13.1 Å². The number of halogens is 3. The van der Waals surface area contributed by atoms with Crippen LogP contribution >= 0.6 is 0 Å². The van der Waals surface area contributed by atoms with Crippen molar-refractivity contribution in [2.45, 2.75) is 53.8 Å². The van der Waals surface area contributed by atoms with Gasteiger partial charge in [0.2, 0.25) is 5.91 Å². The molecule has 7 nitrogen and oxygen atoms in total. The summed E-state index contributed by atoms with van der Waals surface area (Å²) in [4.78, 5) is 28.5. The molecule has 1 heterocycles. The summed E-state index contributed by atoms with van der Waals surface area (Å²) in [5.74, 6) is -1.02. The summed E-state index contributed by atoms with van der Waals surface area (Å²) in [6, 6.07) is 2.66. The van der Waals surface area contributed by atoms with Crippen molar-refractivity contribution in [2.24, 2.45) is 16.6 Å². The molecule has 0 aliphatic carbocycles. The Morgan fingerprint density at radius 1 is 1.15 bits per heavy atom. The zero-order valence-corrected chi connectivity index (χ0v) is 20.9. The number of amides is 2. The number of alkyl halides is 3. The maximum atomic E-state index is 13.9. The molecule has 10 heteroatoms. The predicted octanol–water partition coefficient (Wildman–Crippen LogP) is 3.73. The minimum absolute atomic E-state index is 0.0420. The van der Waals surface area contributed by atoms with E-state index in [0.717, 1.165) is 6.07 Å². The third-order valence-corrected chi connectivity index (χ3v) is 5.19. The molecule has 2 rings (SSSR count). The summed E-state index contributed by atoms with van der Waals surface area (Å²) in [5.41, 5.74) is 4.36. The highest BCUT2D eigenvalue weighted by Crippen LogP contribution is 2.38. The molecule has 1 saturated heterocycles. The molecule has 2 amide bonds. The maximum absolute atomic E-state index is 13.9. The second-order valence-electron chi connectivity index (χ2n) is 11.1. The van der Waals surface area contributed by atoms with Gasteiger partial charge in [0.15, 0.2) is 0 Å². The topological polar surface area (TPSA) is 87.9 Å². The molecule has 0 aromatic heterocycles. The van der Waals surface area contributed by atoms with E-state index in [9.17, 15) is 22.8 Å². The summed E-state index contributed by atoms with van der Waals surface area (Å²) >= 11 is 0. The molecule has 1 aromatic rings. The van der Waals surface area contributed by atoms with Gasteiger partial charge in [0.25, 0.3) is 5.91 Å².